The van der Waals surface area contributed by atoms with Crippen LogP contribution < -0.4 is 5.32 Å². The summed E-state index contributed by atoms with van der Waals surface area (Å²) < 4.78 is 0. The normalized spacial score (nSPS) is 25.2. The van der Waals surface area contributed by atoms with E-state index in [4.69, 9.17) is 0 Å². The molecule has 0 spiro atoms. The number of aliphatic hydroxyl groups is 1. The fraction of sp³-hybridized carbons (Fsp3) is 0.718. The SMILES string of the molecule is CC[C@@H]1CC(=O)[C@H]([C@H](O)[C@H](C)Cc2nc3cc(C(=O)O)c(C(=O)O)cc3[nH]2)N(C)C(=O)[C@H](C(C)C)N(C)C(=O)[C@H](CC(C)C)N(C)C(=O)[C@H](CC(C)C)N(C)C(=O)[C@@H](C)NC(=O)[C@H](C)CC(=O)[C@H](CC(C)C)N(C)C(=O)[C@H](C(C)C)CC(=O)[C@H](CC(C)C)N(C)C(=O)CN(C)C1=O. The second-order valence-corrected chi connectivity index (χ2v) is 29.6. The van der Waals surface area contributed by atoms with Gasteiger partial charge in [0.2, 0.25) is 47.3 Å². The van der Waals surface area contributed by atoms with Gasteiger partial charge in [-0.1, -0.05) is 104 Å². The van der Waals surface area contributed by atoms with Gasteiger partial charge in [0.25, 0.3) is 0 Å². The summed E-state index contributed by atoms with van der Waals surface area (Å²) in [6.45, 7) is 27.5. The molecule has 1 aromatic carbocycles. The van der Waals surface area contributed by atoms with Crippen LogP contribution in [0.2, 0.25) is 0 Å². The number of hydrogen-bond donors (Lipinski definition) is 5. The summed E-state index contributed by atoms with van der Waals surface area (Å²) >= 11 is 0. The van der Waals surface area contributed by atoms with Gasteiger partial charge in [0.1, 0.15) is 36.0 Å². The summed E-state index contributed by atoms with van der Waals surface area (Å²) in [6.07, 6.45) is -2.44. The molecule has 1 aliphatic rings. The molecule has 0 saturated carbocycles. The van der Waals surface area contributed by atoms with Gasteiger partial charge in [-0.3, -0.25) is 52.7 Å². The van der Waals surface area contributed by atoms with E-state index in [1.54, 1.807) is 41.5 Å². The van der Waals surface area contributed by atoms with E-state index >= 15 is 19.2 Å². The predicted molar refractivity (Wildman–Crippen MR) is 366 cm³/mol. The molecule has 1 saturated heterocycles. The number of carboxylic acid groups (broad SMARTS) is 2. The number of carboxylic acids is 2. The van der Waals surface area contributed by atoms with Crippen molar-refractivity contribution in [2.75, 3.05) is 55.9 Å². The van der Waals surface area contributed by atoms with Gasteiger partial charge >= 0.3 is 11.9 Å². The number of carbonyl (C=O) groups is 13. The smallest absolute Gasteiger partial charge is 0.336 e. The summed E-state index contributed by atoms with van der Waals surface area (Å²) in [7, 11) is 9.86. The molecule has 3 rings (SSSR count). The van der Waals surface area contributed by atoms with Crippen molar-refractivity contribution in [2.24, 2.45) is 59.2 Å². The number of hydrogen-bond acceptors (Lipinski definition) is 15. The number of amides is 8. The van der Waals surface area contributed by atoms with Gasteiger partial charge in [-0.05, 0) is 92.6 Å². The molecule has 97 heavy (non-hydrogen) atoms. The molecule has 2 aromatic rings. The predicted octanol–water partition coefficient (Wildman–Crippen LogP) is 6.09. The summed E-state index contributed by atoms with van der Waals surface area (Å²) in [5.41, 5.74) is -0.771. The van der Waals surface area contributed by atoms with Crippen LogP contribution in [0.25, 0.3) is 11.0 Å². The number of aromatic carboxylic acids is 2. The number of nitrogens with zero attached hydrogens (tertiary/aromatic N) is 8. The zero-order valence-corrected chi connectivity index (χ0v) is 61.8. The Morgan fingerprint density at radius 1 is 0.526 bits per heavy atom. The minimum atomic E-state index is -1.75. The lowest BCUT2D eigenvalue weighted by Crippen LogP contribution is -2.62. The van der Waals surface area contributed by atoms with Crippen LogP contribution in [-0.4, -0.2) is 240 Å². The Morgan fingerprint density at radius 3 is 1.44 bits per heavy atom. The molecule has 26 heteroatoms. The van der Waals surface area contributed by atoms with Gasteiger partial charge in [0, 0.05) is 92.8 Å². The van der Waals surface area contributed by atoms with Crippen LogP contribution in [0.4, 0.5) is 0 Å². The number of nitrogens with one attached hydrogen (secondary N) is 2. The Morgan fingerprint density at radius 2 is 0.969 bits per heavy atom. The standard InChI is InChI=1S/C71H114N10O16/c1-24-45-31-57(84)61(62(86)42(14)30-58-73-49-32-47(70(94)95)48(71(96)97)33-50(49)74-58)81(23)69(93)60(41(12)13)80(22)68(92)54(28-39(8)9)79(21)67(91)53(27-38(6)7)78(20)64(88)44(16)72-63(87)43(15)29-55(82)52(26-37(4)5)77(19)66(90)46(40(10)11)34-56(83)51(25-36(2)3)76(18)59(85)35-75(17)65(45)89/h32-33,36-46,51-54,60-62,86H,24-31,34-35H2,1-23H3,(H,72,87)(H,73,74)(H,94,95)(H,96,97)/t42-,43-,44-,45-,46+,51+,52+,53+,54+,60+,61-,62-/m1/s1. The first-order chi connectivity index (χ1) is 44.8. The van der Waals surface area contributed by atoms with Gasteiger partial charge in [-0.25, -0.2) is 14.6 Å². The number of likely N-dealkylation sites (N-methyl/N-ethyl adjacent to an activating group) is 7. The van der Waals surface area contributed by atoms with Crippen LogP contribution >= 0.6 is 0 Å². The van der Waals surface area contributed by atoms with E-state index < -0.39 is 185 Å². The first kappa shape index (κ1) is 83.6. The minimum Gasteiger partial charge on any atom is -0.478 e. The van der Waals surface area contributed by atoms with Crippen LogP contribution in [0.5, 0.6) is 0 Å². The third-order valence-corrected chi connectivity index (χ3v) is 19.0. The van der Waals surface area contributed by atoms with E-state index in [0.717, 1.165) is 21.9 Å². The zero-order valence-electron chi connectivity index (χ0n) is 61.8. The van der Waals surface area contributed by atoms with E-state index in [2.05, 4.69) is 15.3 Å². The quantitative estimate of drug-likeness (QED) is 0.120. The average molecular weight is 1360 g/mol. The average Bonchev–Trinajstić information content (AvgIpc) is 1.78. The maximum Gasteiger partial charge on any atom is 0.336 e. The number of fused-ring (bicyclic) bond motifs is 1. The van der Waals surface area contributed by atoms with E-state index in [1.165, 1.54) is 87.7 Å². The maximum absolute atomic E-state index is 15.5. The lowest BCUT2D eigenvalue weighted by Gasteiger charge is -2.41. The highest BCUT2D eigenvalue weighted by molar-refractivity contribution is 6.05. The molecule has 1 aromatic heterocycles. The minimum absolute atomic E-state index is 0.0339. The second-order valence-electron chi connectivity index (χ2n) is 29.6. The first-order valence-corrected chi connectivity index (χ1v) is 34.2. The van der Waals surface area contributed by atoms with E-state index in [1.807, 2.05) is 55.4 Å². The van der Waals surface area contributed by atoms with Crippen LogP contribution in [0.15, 0.2) is 12.1 Å². The highest BCUT2D eigenvalue weighted by Crippen LogP contribution is 2.30. The van der Waals surface area contributed by atoms with Gasteiger partial charge in [-0.2, -0.15) is 0 Å². The van der Waals surface area contributed by atoms with Crippen molar-refractivity contribution < 1.29 is 77.6 Å². The fourth-order valence-corrected chi connectivity index (χ4v) is 13.0. The monoisotopic (exact) mass is 1360 g/mol. The van der Waals surface area contributed by atoms with E-state index in [0.29, 0.717) is 0 Å². The molecule has 5 N–H and O–H groups in total. The number of imidazole rings is 1. The van der Waals surface area contributed by atoms with Gasteiger partial charge in [0.05, 0.1) is 46.9 Å². The van der Waals surface area contributed by atoms with Crippen molar-refractivity contribution in [3.05, 3.63) is 29.1 Å². The number of carbonyl (C=O) groups excluding carboxylic acids is 11. The molecule has 0 radical (unpaired) electrons. The number of aromatic amines is 1. The Bertz CT molecular complexity index is 3120. The Hall–Kier alpha value is -7.64. The molecule has 8 amide bonds. The number of ketones is 3. The fourth-order valence-electron chi connectivity index (χ4n) is 13.0. The van der Waals surface area contributed by atoms with Crippen molar-refractivity contribution >= 4 is 87.6 Å². The number of Topliss-reactive ketones (excluding diaryl/α,β-unsaturated/α-hetero) is 3. The van der Waals surface area contributed by atoms with Gasteiger partial charge in [-0.15, -0.1) is 0 Å². The number of H-pyrrole nitrogens is 1. The Balaban J connectivity index is 2.36. The highest BCUT2D eigenvalue weighted by Gasteiger charge is 2.46. The van der Waals surface area contributed by atoms with Crippen molar-refractivity contribution in [1.82, 2.24) is 49.6 Å². The second kappa shape index (κ2) is 36.3. The third-order valence-electron chi connectivity index (χ3n) is 19.0. The summed E-state index contributed by atoms with van der Waals surface area (Å²) in [5.74, 6) is -15.5. The van der Waals surface area contributed by atoms with Crippen LogP contribution in [-0.2, 0) is 59.2 Å². The van der Waals surface area contributed by atoms with Crippen molar-refractivity contribution in [2.45, 2.75) is 217 Å². The van der Waals surface area contributed by atoms with Crippen LogP contribution in [0.3, 0.4) is 0 Å². The van der Waals surface area contributed by atoms with Crippen molar-refractivity contribution in [3.63, 3.8) is 0 Å². The molecule has 544 valence electrons. The molecule has 2 heterocycles. The van der Waals surface area contributed by atoms with E-state index in [9.17, 15) is 58.5 Å². The summed E-state index contributed by atoms with van der Waals surface area (Å²) in [6, 6.07) is -6.60. The highest BCUT2D eigenvalue weighted by atomic mass is 16.4. The molecule has 0 aliphatic carbocycles. The maximum atomic E-state index is 15.5. The molecule has 0 unspecified atom stereocenters. The summed E-state index contributed by atoms with van der Waals surface area (Å²) in [4.78, 5) is 203. The number of rotatable bonds is 17. The molecular weight excluding hydrogens is 1250 g/mol. The number of benzene rings is 1. The topological polar surface area (TPSA) is 346 Å². The van der Waals surface area contributed by atoms with Crippen molar-refractivity contribution in [1.29, 1.82) is 0 Å². The lowest BCUT2D eigenvalue weighted by molar-refractivity contribution is -0.157. The van der Waals surface area contributed by atoms with Gasteiger partial charge in [0.15, 0.2) is 17.3 Å². The third kappa shape index (κ3) is 21.7. The molecule has 1 aliphatic heterocycles. The lowest BCUT2D eigenvalue weighted by atomic mass is 9.84. The Kier molecular flexibility index (Phi) is 31.3. The van der Waals surface area contributed by atoms with E-state index in [-0.39, 0.29) is 91.9 Å². The van der Waals surface area contributed by atoms with Crippen LogP contribution in [0.1, 0.15) is 189 Å². The molecule has 26 nitrogen and oxygen atoms in total. The first-order valence-electron chi connectivity index (χ1n) is 34.2. The van der Waals surface area contributed by atoms with Gasteiger partial charge < -0.3 is 59.9 Å². The number of aliphatic hydroxyl groups excluding tert-OH is 1. The molecule has 1 fully saturated rings. The molecule has 12 atom stereocenters. The molecular formula is C71H114N10O16. The van der Waals surface area contributed by atoms with Crippen LogP contribution in [0, 0.1) is 59.2 Å². The summed E-state index contributed by atoms with van der Waals surface area (Å²) in [5, 5.41) is 35.0. The molecule has 0 bridgehead atoms. The largest absolute Gasteiger partial charge is 0.478 e. The Labute approximate surface area is 573 Å². The number of aromatic nitrogens is 2. The van der Waals surface area contributed by atoms with Crippen molar-refractivity contribution in [3.8, 4) is 0 Å². The zero-order chi connectivity index (χ0) is 74.4.